The number of aliphatic hydroxyl groups is 11. The number of amides is 2. The van der Waals surface area contributed by atoms with Gasteiger partial charge in [-0.25, -0.2) is 39.5 Å². The van der Waals surface area contributed by atoms with Gasteiger partial charge in [0.05, 0.1) is 23.5 Å². The fourth-order valence-corrected chi connectivity index (χ4v) is 15.2. The number of benzene rings is 5. The van der Waals surface area contributed by atoms with Crippen LogP contribution < -0.4 is 16.9 Å². The van der Waals surface area contributed by atoms with Gasteiger partial charge in [0.15, 0.2) is 23.9 Å². The number of rotatable bonds is 46. The first kappa shape index (κ1) is 93.6. The lowest BCUT2D eigenvalue weighted by Crippen LogP contribution is -2.42. The Morgan fingerprint density at radius 1 is 0.532 bits per heavy atom. The number of aliphatic imine (C=N–C) groups is 8. The number of nitrogens with zero attached hydrogens (tertiary/aromatic N) is 14. The van der Waals surface area contributed by atoms with Crippen molar-refractivity contribution in [3.8, 4) is 0 Å². The van der Waals surface area contributed by atoms with E-state index >= 15 is 0 Å². The predicted octanol–water partition coefficient (Wildman–Crippen LogP) is 9.90. The van der Waals surface area contributed by atoms with Crippen LogP contribution in [-0.4, -0.2) is 285 Å². The van der Waals surface area contributed by atoms with E-state index in [0.29, 0.717) is 80.2 Å². The van der Waals surface area contributed by atoms with E-state index in [1.807, 2.05) is 110 Å². The van der Waals surface area contributed by atoms with Crippen LogP contribution in [0.15, 0.2) is 216 Å². The summed E-state index contributed by atoms with van der Waals surface area (Å²) in [6, 6.07) is 21.3. The highest BCUT2D eigenvalue weighted by molar-refractivity contribution is 6.62. The van der Waals surface area contributed by atoms with Crippen molar-refractivity contribution < 1.29 is 80.4 Å². The van der Waals surface area contributed by atoms with E-state index in [1.54, 1.807) is 41.5 Å². The number of allylic oxidation sites excluding steroid dienone is 8. The molecule has 3 aromatic heterocycles. The van der Waals surface area contributed by atoms with Crippen LogP contribution in [0.25, 0.3) is 38.2 Å². The highest BCUT2D eigenvalue weighted by Crippen LogP contribution is 2.32. The van der Waals surface area contributed by atoms with E-state index in [1.165, 1.54) is 30.9 Å². The highest BCUT2D eigenvalue weighted by Gasteiger charge is 2.36. The molecule has 126 heavy (non-hydrogen) atoms. The zero-order valence-corrected chi connectivity index (χ0v) is 71.0. The number of fused-ring (bicyclic) bond motifs is 3. The van der Waals surface area contributed by atoms with Gasteiger partial charge in [-0.3, -0.25) is 29.6 Å². The SMILES string of the molecule is C[C@@H](O)[C@H](N=C(O)[C@H](Cc1c[nH]c2ccccc12)N=C(O)CCN1C=CC(=CC=C2C=CC(=[N+](C)C)c3ccccc32)C=C1)C(O)=N[C@@H](CCCCN)C(O)=NCCCC[C@H](N=C(O)[C@H](CCCCN)N=C(O)[C@@H](N=C(O)[C@H](Cc1c[nH]c2ccccc12)N=C(O)CCc1cn(CCCCN2C(=O)c3cccc4c(B(O)O)ccc(c34)C2=O)nn1)[C@@H](C)O)C(=N)O. The molecule has 2 amide bonds. The Labute approximate surface area is 729 Å². The number of imide groups is 1. The Morgan fingerprint density at radius 3 is 1.63 bits per heavy atom. The monoisotopic (exact) mass is 1720 g/mol. The zero-order chi connectivity index (χ0) is 90.1. The first-order valence-corrected chi connectivity index (χ1v) is 42.4. The molecule has 5 aromatic carbocycles. The second-order valence-electron chi connectivity index (χ2n) is 31.6. The van der Waals surface area contributed by atoms with E-state index in [2.05, 4.69) is 95.2 Å². The summed E-state index contributed by atoms with van der Waals surface area (Å²) in [5, 5.41) is 166. The fourth-order valence-electron chi connectivity index (χ4n) is 15.2. The molecule has 2 aliphatic heterocycles. The zero-order valence-electron chi connectivity index (χ0n) is 71.0. The maximum absolute atomic E-state index is 13.6. The second kappa shape index (κ2) is 45.0. The summed E-state index contributed by atoms with van der Waals surface area (Å²) in [5.74, 6) is -6.71. The Balaban J connectivity index is 0.722. The number of aryl methyl sites for hydroxylation is 2. The van der Waals surface area contributed by atoms with E-state index in [4.69, 9.17) is 16.9 Å². The molecular weight excluding hydrogens is 1610 g/mol. The summed E-state index contributed by atoms with van der Waals surface area (Å²) in [6.07, 6.45) is 21.6. The van der Waals surface area contributed by atoms with E-state index in [9.17, 15) is 75.8 Å². The number of hydrogen-bond acceptors (Lipinski definition) is 20. The summed E-state index contributed by atoms with van der Waals surface area (Å²) >= 11 is 0. The molecule has 0 radical (unpaired) electrons. The minimum absolute atomic E-state index is 0.0244. The number of carbonyl (C=O) groups is 2. The predicted molar refractivity (Wildman–Crippen MR) is 493 cm³/mol. The largest absolute Gasteiger partial charge is 0.497 e. The summed E-state index contributed by atoms with van der Waals surface area (Å²) < 4.78 is 3.68. The van der Waals surface area contributed by atoms with Crippen LogP contribution in [-0.2, 0) is 25.8 Å². The van der Waals surface area contributed by atoms with Gasteiger partial charge in [0.1, 0.15) is 44.3 Å². The second-order valence-corrected chi connectivity index (χ2v) is 31.6. The first-order chi connectivity index (χ1) is 60.7. The van der Waals surface area contributed by atoms with Gasteiger partial charge in [-0.05, 0) is 185 Å². The van der Waals surface area contributed by atoms with Gasteiger partial charge in [0.25, 0.3) is 11.8 Å². The molecule has 8 aromatic rings. The third-order valence-corrected chi connectivity index (χ3v) is 22.1. The number of aliphatic hydroxyl groups excluding tert-OH is 11. The van der Waals surface area contributed by atoms with Gasteiger partial charge >= 0.3 is 7.12 Å². The smallest absolute Gasteiger partial charge is 0.489 e. The number of aromatic nitrogens is 5. The van der Waals surface area contributed by atoms with Crippen LogP contribution in [0.5, 0.6) is 0 Å². The highest BCUT2D eigenvalue weighted by atomic mass is 16.4. The molecule has 5 heterocycles. The lowest BCUT2D eigenvalue weighted by molar-refractivity contribution is -0.463. The summed E-state index contributed by atoms with van der Waals surface area (Å²) in [4.78, 5) is 71.8. The average Bonchev–Trinajstić information content (AvgIpc) is 0.794. The molecule has 0 saturated carbocycles. The van der Waals surface area contributed by atoms with Crippen molar-refractivity contribution in [2.24, 2.45) is 51.4 Å². The first-order valence-electron chi connectivity index (χ1n) is 42.4. The van der Waals surface area contributed by atoms with Crippen LogP contribution in [0.2, 0.25) is 0 Å². The Bertz CT molecular complexity index is 5590. The Morgan fingerprint density at radius 2 is 1.05 bits per heavy atom. The molecule has 0 saturated heterocycles. The van der Waals surface area contributed by atoms with Crippen LogP contribution in [0.3, 0.4) is 0 Å². The van der Waals surface area contributed by atoms with Crippen molar-refractivity contribution in [2.45, 2.75) is 178 Å². The molecule has 0 unspecified atom stereocenters. The molecule has 11 rings (SSSR count). The molecular formula is C91H113BN19O15+. The minimum atomic E-state index is -1.79. The van der Waals surface area contributed by atoms with Crippen molar-refractivity contribution in [3.63, 3.8) is 0 Å². The van der Waals surface area contributed by atoms with Gasteiger partial charge in [0, 0.05) is 134 Å². The average molecular weight is 1720 g/mol. The molecule has 35 heteroatoms. The van der Waals surface area contributed by atoms with Gasteiger partial charge in [0.2, 0.25) is 47.0 Å². The van der Waals surface area contributed by atoms with Gasteiger partial charge in [-0.15, -0.1) is 5.10 Å². The van der Waals surface area contributed by atoms with Crippen molar-refractivity contribution in [1.29, 1.82) is 5.41 Å². The summed E-state index contributed by atoms with van der Waals surface area (Å²) in [5.41, 5.74) is 21.4. The molecule has 34 nitrogen and oxygen atoms in total. The number of para-hydroxylation sites is 2. The number of carbonyl (C=O) groups excluding carboxylic acids is 2. The quantitative estimate of drug-likeness (QED) is 0.00421. The maximum Gasteiger partial charge on any atom is 0.489 e. The van der Waals surface area contributed by atoms with E-state index < -0.39 is 121 Å². The molecule has 1 aliphatic carbocycles. The standard InChI is InChI=1S/C91H112BN19O15/c1-55(112)81(104-87(120)76(51-60-53-98-71-27-10-8-22-64(60)71)100-79(115)41-49-109-47-39-57(40-48-109)31-32-58-33-37-77(108(3)4)65-23-6-5-20-62(58)65)88(121)102-73(29-11-14-42-93)84(117)96-44-16-13-28-72(83(95)116)101-85(118)74(30-12-15-43-94)103-89(122)82(56(2)113)105-86(119)75(50-59-52-97-70-26-9-7-21-63(59)70)99-78(114)38-34-61-54-110(107-106-61)45-17-18-46-111-90(123)67-25-19-24-66-69(92(125)126)36-35-68(80(66)67)91(111)124/h5-10,19-27,31-33,35-37,39-40,47-48,52-56,72-76,81-82,97-98,112-113,125-126H,11-18,28-30,34,38,41-46,49-51,93-94H2,1-4H3,(H9-,95,96,99,100,101,102,103,104,105,114,115,116,117,118,119,120,121,122)/p+1/t55-,56-,72+,73+,74+,75+,76+,81+,82+/m1/s1. The lowest BCUT2D eigenvalue weighted by atomic mass is 9.75. The summed E-state index contributed by atoms with van der Waals surface area (Å²) in [7, 11) is 2.25. The Kier molecular flexibility index (Phi) is 33.5. The van der Waals surface area contributed by atoms with Crippen molar-refractivity contribution >= 4 is 121 Å². The number of unbranched alkanes of at least 4 members (excludes halogenated alkanes) is 4. The lowest BCUT2D eigenvalue weighted by Gasteiger charge is -2.27. The minimum Gasteiger partial charge on any atom is -0.497 e. The molecule has 20 N–H and O–H groups in total. The van der Waals surface area contributed by atoms with E-state index in [0.717, 1.165) is 55.4 Å². The summed E-state index contributed by atoms with van der Waals surface area (Å²) in [6.45, 7) is 3.95. The maximum atomic E-state index is 13.6. The van der Waals surface area contributed by atoms with Crippen LogP contribution in [0.4, 0.5) is 0 Å². The molecule has 664 valence electrons. The van der Waals surface area contributed by atoms with Gasteiger partial charge < -0.3 is 92.6 Å². The van der Waals surface area contributed by atoms with Gasteiger partial charge in [-0.1, -0.05) is 90.2 Å². The number of H-pyrrole nitrogens is 2. The van der Waals surface area contributed by atoms with Crippen LogP contribution in [0, 0.1) is 5.41 Å². The third-order valence-electron chi connectivity index (χ3n) is 22.1. The van der Waals surface area contributed by atoms with Crippen LogP contribution >= 0.6 is 0 Å². The van der Waals surface area contributed by atoms with Gasteiger partial charge in [-0.2, -0.15) is 0 Å². The molecule has 3 aliphatic rings. The normalized spacial score (nSPS) is 17.0. The molecule has 0 fully saturated rings. The topological polar surface area (TPSA) is 544 Å². The Hall–Kier alpha value is -13.1. The van der Waals surface area contributed by atoms with Crippen molar-refractivity contribution in [1.82, 2.24) is 34.8 Å². The van der Waals surface area contributed by atoms with E-state index in [-0.39, 0.29) is 106 Å². The molecule has 0 bridgehead atoms. The molecule has 0 spiro atoms. The fraction of sp³-hybridized carbons (Fsp3) is 0.385. The van der Waals surface area contributed by atoms with Crippen LogP contribution in [0.1, 0.15) is 146 Å². The number of nitrogens with one attached hydrogen (secondary N) is 3. The number of nitrogens with two attached hydrogens (primary N) is 2. The van der Waals surface area contributed by atoms with Crippen molar-refractivity contribution in [3.05, 3.63) is 215 Å². The molecule has 9 atom stereocenters. The number of aromatic amines is 2. The number of hydrogen-bond donors (Lipinski definition) is 18. The third kappa shape index (κ3) is 24.7. The van der Waals surface area contributed by atoms with Crippen molar-refractivity contribution in [2.75, 3.05) is 46.8 Å².